The summed E-state index contributed by atoms with van der Waals surface area (Å²) >= 11 is 0. The molecule has 0 spiro atoms. The van der Waals surface area contributed by atoms with Crippen molar-refractivity contribution in [1.82, 2.24) is 0 Å². The molecule has 3 aromatic rings. The van der Waals surface area contributed by atoms with Gasteiger partial charge in [0.2, 0.25) is 6.29 Å². The van der Waals surface area contributed by atoms with Crippen LogP contribution in [-0.4, -0.2) is 116 Å². The highest BCUT2D eigenvalue weighted by molar-refractivity contribution is 5.86. The maximum atomic E-state index is 12.8. The van der Waals surface area contributed by atoms with Crippen LogP contribution in [0.3, 0.4) is 0 Å². The van der Waals surface area contributed by atoms with E-state index in [0.717, 1.165) is 12.1 Å². The third-order valence-corrected chi connectivity index (χ3v) is 7.09. The first-order valence-electron chi connectivity index (χ1n) is 12.8. The molecule has 42 heavy (non-hydrogen) atoms. The molecule has 9 unspecified atom stereocenters. The number of methoxy groups -OCH3 is 1. The maximum absolute atomic E-state index is 12.8. The maximum Gasteiger partial charge on any atom is 0.229 e. The van der Waals surface area contributed by atoms with Crippen LogP contribution < -0.4 is 14.9 Å². The molecule has 9 atom stereocenters. The van der Waals surface area contributed by atoms with Gasteiger partial charge >= 0.3 is 0 Å². The summed E-state index contributed by atoms with van der Waals surface area (Å²) in [7, 11) is 1.38. The Balaban J connectivity index is 1.36. The summed E-state index contributed by atoms with van der Waals surface area (Å²) in [6.07, 6.45) is -13.6. The zero-order valence-corrected chi connectivity index (χ0v) is 22.0. The Morgan fingerprint density at radius 2 is 1.50 bits per heavy atom. The van der Waals surface area contributed by atoms with Gasteiger partial charge in [-0.2, -0.15) is 0 Å². The third-order valence-electron chi connectivity index (χ3n) is 7.09. The Morgan fingerprint density at radius 1 is 0.810 bits per heavy atom. The summed E-state index contributed by atoms with van der Waals surface area (Å²) < 4.78 is 32.7. The Kier molecular flexibility index (Phi) is 8.56. The molecule has 2 saturated heterocycles. The van der Waals surface area contributed by atoms with Gasteiger partial charge in [0.05, 0.1) is 20.3 Å². The molecule has 0 bridgehead atoms. The van der Waals surface area contributed by atoms with Crippen LogP contribution in [-0.2, 0) is 14.2 Å². The van der Waals surface area contributed by atoms with Crippen molar-refractivity contribution in [3.8, 4) is 34.3 Å². The van der Waals surface area contributed by atoms with E-state index in [9.17, 15) is 45.6 Å². The highest BCUT2D eigenvalue weighted by Gasteiger charge is 2.47. The SMILES string of the molecule is COc1ccc(-c2cc(=O)c3c(O)cc(OC4OC(COC5OC(CO)C(O)C5O)C(O)C(O)C4O)cc3o2)cc1O. The molecule has 0 aliphatic carbocycles. The van der Waals surface area contributed by atoms with Gasteiger partial charge in [0.25, 0.3) is 0 Å². The summed E-state index contributed by atoms with van der Waals surface area (Å²) in [5.74, 6) is -0.601. The van der Waals surface area contributed by atoms with Gasteiger partial charge in [-0.1, -0.05) is 0 Å². The van der Waals surface area contributed by atoms with Gasteiger partial charge in [0, 0.05) is 23.8 Å². The highest BCUT2D eigenvalue weighted by Crippen LogP contribution is 2.35. The van der Waals surface area contributed by atoms with E-state index in [-0.39, 0.29) is 34.0 Å². The number of aromatic hydroxyl groups is 2. The summed E-state index contributed by atoms with van der Waals surface area (Å²) in [5.41, 5.74) is -0.378. The standard InChI is InChI=1S/C27H30O15/c1-37-15-3-2-10(4-12(15)29)16-7-14(31)20-13(30)5-11(6-17(20)40-16)39-27-25(36)23(34)22(33)19(42-27)9-38-26-24(35)21(32)18(8-28)41-26/h2-7,18-19,21-30,32-36H,8-9H2,1H3. The minimum atomic E-state index is -1.77. The fraction of sp³-hybridized carbons (Fsp3) is 0.444. The van der Waals surface area contributed by atoms with Gasteiger partial charge in [0.1, 0.15) is 71.0 Å². The number of phenolic OH excluding ortho intramolecular Hbond substituents is 2. The fourth-order valence-electron chi connectivity index (χ4n) is 4.78. The lowest BCUT2D eigenvalue weighted by Crippen LogP contribution is -2.60. The second-order valence-corrected chi connectivity index (χ2v) is 9.85. The van der Waals surface area contributed by atoms with Crippen molar-refractivity contribution in [2.24, 2.45) is 0 Å². The molecule has 15 nitrogen and oxygen atoms in total. The smallest absolute Gasteiger partial charge is 0.229 e. The first kappa shape index (κ1) is 30.0. The lowest BCUT2D eigenvalue weighted by molar-refractivity contribution is -0.290. The highest BCUT2D eigenvalue weighted by atomic mass is 16.7. The summed E-state index contributed by atoms with van der Waals surface area (Å²) in [4.78, 5) is 12.8. The number of hydrogen-bond acceptors (Lipinski definition) is 15. The summed E-state index contributed by atoms with van der Waals surface area (Å²) in [5, 5.41) is 81.0. The number of phenols is 2. The second kappa shape index (κ2) is 12.0. The molecule has 3 heterocycles. The predicted molar refractivity (Wildman–Crippen MR) is 139 cm³/mol. The van der Waals surface area contributed by atoms with E-state index in [1.54, 1.807) is 6.07 Å². The topological polar surface area (TPSA) is 238 Å². The van der Waals surface area contributed by atoms with Crippen molar-refractivity contribution >= 4 is 11.0 Å². The van der Waals surface area contributed by atoms with E-state index in [1.165, 1.54) is 25.3 Å². The quantitative estimate of drug-likeness (QED) is 0.148. The monoisotopic (exact) mass is 594 g/mol. The molecule has 2 aromatic carbocycles. The molecule has 0 amide bonds. The summed E-state index contributed by atoms with van der Waals surface area (Å²) in [6.45, 7) is -1.07. The van der Waals surface area contributed by atoms with Crippen LogP contribution in [0.25, 0.3) is 22.3 Å². The lowest BCUT2D eigenvalue weighted by atomic mass is 9.99. The zero-order chi connectivity index (χ0) is 30.3. The normalized spacial score (nSPS) is 31.4. The molecular weight excluding hydrogens is 564 g/mol. The van der Waals surface area contributed by atoms with E-state index in [2.05, 4.69) is 0 Å². The molecule has 2 fully saturated rings. The number of aliphatic hydroxyl groups excluding tert-OH is 6. The first-order chi connectivity index (χ1) is 20.0. The molecule has 1 aromatic heterocycles. The minimum Gasteiger partial charge on any atom is -0.507 e. The van der Waals surface area contributed by atoms with Crippen LogP contribution in [0.2, 0.25) is 0 Å². The predicted octanol–water partition coefficient (Wildman–Crippen LogP) is -1.48. The largest absolute Gasteiger partial charge is 0.507 e. The van der Waals surface area contributed by atoms with E-state index in [4.69, 9.17) is 28.1 Å². The van der Waals surface area contributed by atoms with Crippen molar-refractivity contribution in [2.45, 2.75) is 55.3 Å². The molecule has 2 aliphatic heterocycles. The number of rotatable bonds is 8. The van der Waals surface area contributed by atoms with Crippen LogP contribution in [0.5, 0.6) is 23.0 Å². The Hall–Kier alpha value is -3.51. The Morgan fingerprint density at radius 3 is 2.17 bits per heavy atom. The average Bonchev–Trinajstić information content (AvgIpc) is 3.24. The molecular formula is C27H30O15. The number of hydrogen-bond donors (Lipinski definition) is 8. The van der Waals surface area contributed by atoms with Gasteiger partial charge < -0.3 is 69.0 Å². The van der Waals surface area contributed by atoms with Gasteiger partial charge in [-0.3, -0.25) is 4.79 Å². The zero-order valence-electron chi connectivity index (χ0n) is 22.0. The Labute approximate surface area is 236 Å². The van der Waals surface area contributed by atoms with Gasteiger partial charge in [-0.15, -0.1) is 0 Å². The van der Waals surface area contributed by atoms with Gasteiger partial charge in [-0.25, -0.2) is 0 Å². The minimum absolute atomic E-state index is 0.0524. The molecule has 2 aliphatic rings. The molecule has 228 valence electrons. The van der Waals surface area contributed by atoms with Gasteiger partial charge in [0.15, 0.2) is 23.2 Å². The van der Waals surface area contributed by atoms with E-state index < -0.39 is 79.7 Å². The number of ether oxygens (including phenoxy) is 5. The second-order valence-electron chi connectivity index (χ2n) is 9.85. The fourth-order valence-corrected chi connectivity index (χ4v) is 4.78. The van der Waals surface area contributed by atoms with E-state index in [0.29, 0.717) is 5.56 Å². The molecule has 8 N–H and O–H groups in total. The average molecular weight is 595 g/mol. The van der Waals surface area contributed by atoms with Gasteiger partial charge in [-0.05, 0) is 18.2 Å². The van der Waals surface area contributed by atoms with Crippen LogP contribution >= 0.6 is 0 Å². The van der Waals surface area contributed by atoms with E-state index in [1.807, 2.05) is 0 Å². The van der Waals surface area contributed by atoms with Crippen LogP contribution in [0, 0.1) is 0 Å². The van der Waals surface area contributed by atoms with Crippen molar-refractivity contribution in [2.75, 3.05) is 20.3 Å². The first-order valence-corrected chi connectivity index (χ1v) is 12.8. The number of aliphatic hydroxyl groups is 6. The van der Waals surface area contributed by atoms with Crippen LogP contribution in [0.15, 0.2) is 45.6 Å². The summed E-state index contributed by atoms with van der Waals surface area (Å²) in [6, 6.07) is 7.78. The van der Waals surface area contributed by atoms with Crippen LogP contribution in [0.4, 0.5) is 0 Å². The van der Waals surface area contributed by atoms with Crippen molar-refractivity contribution in [3.63, 3.8) is 0 Å². The van der Waals surface area contributed by atoms with Crippen LogP contribution in [0.1, 0.15) is 0 Å². The van der Waals surface area contributed by atoms with Crippen molar-refractivity contribution in [1.29, 1.82) is 0 Å². The third kappa shape index (κ3) is 5.61. The molecule has 5 rings (SSSR count). The molecule has 0 saturated carbocycles. The number of benzene rings is 2. The van der Waals surface area contributed by atoms with Crippen molar-refractivity contribution in [3.05, 3.63) is 46.6 Å². The lowest BCUT2D eigenvalue weighted by Gasteiger charge is -2.40. The van der Waals surface area contributed by atoms with Crippen molar-refractivity contribution < 1.29 is 69.0 Å². The Bertz CT molecular complexity index is 1470. The molecule has 15 heteroatoms. The molecule has 0 radical (unpaired) electrons. The van der Waals surface area contributed by atoms with E-state index >= 15 is 0 Å². The number of fused-ring (bicyclic) bond motifs is 1.